The quantitative estimate of drug-likeness (QED) is 0.324. The molecule has 3 N–H and O–H groups in total. The highest BCUT2D eigenvalue weighted by molar-refractivity contribution is 5.88. The number of carbonyl (C=O) groups is 1. The number of para-hydroxylation sites is 2. The molecule has 0 aliphatic rings. The van der Waals surface area contributed by atoms with Gasteiger partial charge in [-0.1, -0.05) is 60.2 Å². The zero-order valence-electron chi connectivity index (χ0n) is 20.6. The first kappa shape index (κ1) is 23.4. The molecule has 2 aromatic heterocycles. The fraction of sp³-hybridized carbons (Fsp3) is 0.200. The van der Waals surface area contributed by atoms with Crippen LogP contribution in [0.5, 0.6) is 5.75 Å². The third kappa shape index (κ3) is 4.05. The van der Waals surface area contributed by atoms with Crippen LogP contribution >= 0.6 is 0 Å². The minimum Gasteiger partial charge on any atom is -0.507 e. The van der Waals surface area contributed by atoms with Crippen molar-refractivity contribution in [2.24, 2.45) is 7.05 Å². The van der Waals surface area contributed by atoms with E-state index in [1.54, 1.807) is 11.6 Å². The Morgan fingerprint density at radius 2 is 1.67 bits per heavy atom. The second kappa shape index (κ2) is 9.38. The van der Waals surface area contributed by atoms with Crippen LogP contribution in [0.25, 0.3) is 21.8 Å². The number of amides is 1. The van der Waals surface area contributed by atoms with Crippen molar-refractivity contribution in [2.45, 2.75) is 26.2 Å². The molecule has 0 radical (unpaired) electrons. The number of aryl methyl sites for hydroxylation is 2. The lowest BCUT2D eigenvalue weighted by Gasteiger charge is -2.22. The summed E-state index contributed by atoms with van der Waals surface area (Å²) < 4.78 is 1.60. The molecule has 5 rings (SSSR count). The molecule has 1 unspecified atom stereocenters. The molecule has 0 fully saturated rings. The lowest BCUT2D eigenvalue weighted by Crippen LogP contribution is -2.26. The Hall–Kier alpha value is -4.32. The Morgan fingerprint density at radius 1 is 1.00 bits per heavy atom. The molecule has 182 valence electrons. The van der Waals surface area contributed by atoms with Gasteiger partial charge in [0.05, 0.1) is 17.0 Å². The number of pyridine rings is 1. The van der Waals surface area contributed by atoms with Crippen molar-refractivity contribution in [1.29, 1.82) is 0 Å². The second-order valence-electron chi connectivity index (χ2n) is 9.28. The number of H-pyrrole nitrogens is 1. The summed E-state index contributed by atoms with van der Waals surface area (Å²) in [5, 5.41) is 16.1. The topological polar surface area (TPSA) is 87.1 Å². The van der Waals surface area contributed by atoms with Crippen LogP contribution in [0.1, 0.15) is 40.8 Å². The highest BCUT2D eigenvalue weighted by Crippen LogP contribution is 2.41. The molecule has 3 aromatic carbocycles. The molecule has 0 saturated heterocycles. The molecule has 0 aliphatic carbocycles. The summed E-state index contributed by atoms with van der Waals surface area (Å²) in [6.45, 7) is 3.99. The Morgan fingerprint density at radius 3 is 2.39 bits per heavy atom. The summed E-state index contributed by atoms with van der Waals surface area (Å²) in [7, 11) is 1.74. The molecule has 0 bridgehead atoms. The highest BCUT2D eigenvalue weighted by Gasteiger charge is 2.30. The largest absolute Gasteiger partial charge is 0.507 e. The summed E-state index contributed by atoms with van der Waals surface area (Å²) in [6.07, 6.45) is 0.579. The van der Waals surface area contributed by atoms with E-state index >= 15 is 0 Å². The van der Waals surface area contributed by atoms with Crippen LogP contribution in [0.15, 0.2) is 77.6 Å². The van der Waals surface area contributed by atoms with Crippen molar-refractivity contribution < 1.29 is 9.90 Å². The van der Waals surface area contributed by atoms with E-state index in [2.05, 4.69) is 10.3 Å². The number of aromatic hydroxyl groups is 1. The van der Waals surface area contributed by atoms with Gasteiger partial charge in [0.15, 0.2) is 0 Å². The lowest BCUT2D eigenvalue weighted by molar-refractivity contribution is -0.118. The number of aromatic nitrogens is 2. The third-order valence-electron chi connectivity index (χ3n) is 6.89. The van der Waals surface area contributed by atoms with Gasteiger partial charge >= 0.3 is 0 Å². The summed E-state index contributed by atoms with van der Waals surface area (Å²) >= 11 is 0. The van der Waals surface area contributed by atoms with Crippen LogP contribution in [0.2, 0.25) is 0 Å². The fourth-order valence-electron chi connectivity index (χ4n) is 5.10. The van der Waals surface area contributed by atoms with Gasteiger partial charge in [0.2, 0.25) is 5.91 Å². The number of aromatic amines is 1. The predicted octanol–water partition coefficient (Wildman–Crippen LogP) is 4.89. The van der Waals surface area contributed by atoms with Crippen LogP contribution in [0, 0.1) is 6.92 Å². The number of fused-ring (bicyclic) bond motifs is 2. The monoisotopic (exact) mass is 479 g/mol. The maximum atomic E-state index is 13.8. The Labute approximate surface area is 209 Å². The molecule has 1 atom stereocenters. The standard InChI is InChI=1S/C30H29N3O3/c1-18-12-14-20(15-13-18)26(27-29(35)23-9-5-7-11-25(23)33(3)30(27)36)28-22(16-17-31-19(2)34)21-8-4-6-10-24(21)32-28/h4-15,26,32,35H,16-17H2,1-3H3,(H,31,34). The normalized spacial score (nSPS) is 12.2. The van der Waals surface area contributed by atoms with E-state index in [9.17, 15) is 14.7 Å². The number of benzene rings is 3. The second-order valence-corrected chi connectivity index (χ2v) is 9.28. The van der Waals surface area contributed by atoms with E-state index in [4.69, 9.17) is 0 Å². The average Bonchev–Trinajstić information content (AvgIpc) is 3.24. The molecule has 0 saturated carbocycles. The molecule has 2 heterocycles. The molecule has 36 heavy (non-hydrogen) atoms. The minimum atomic E-state index is -0.534. The van der Waals surface area contributed by atoms with Gasteiger partial charge in [0.1, 0.15) is 5.75 Å². The molecule has 5 aromatic rings. The van der Waals surface area contributed by atoms with Gasteiger partial charge in [0, 0.05) is 42.5 Å². The number of nitrogens with one attached hydrogen (secondary N) is 2. The smallest absolute Gasteiger partial charge is 0.258 e. The first-order valence-electron chi connectivity index (χ1n) is 12.1. The summed E-state index contributed by atoms with van der Waals surface area (Å²) in [6, 6.07) is 23.4. The predicted molar refractivity (Wildman–Crippen MR) is 144 cm³/mol. The van der Waals surface area contributed by atoms with Crippen LogP contribution < -0.4 is 10.9 Å². The summed E-state index contributed by atoms with van der Waals surface area (Å²) in [4.78, 5) is 29.0. The molecule has 0 aliphatic heterocycles. The number of rotatable bonds is 6. The van der Waals surface area contributed by atoms with Crippen molar-refractivity contribution >= 4 is 27.7 Å². The van der Waals surface area contributed by atoms with Gasteiger partial charge in [-0.05, 0) is 42.7 Å². The molecule has 6 heteroatoms. The van der Waals surface area contributed by atoms with E-state index in [0.29, 0.717) is 29.4 Å². The molecule has 6 nitrogen and oxygen atoms in total. The van der Waals surface area contributed by atoms with Gasteiger partial charge in [-0.25, -0.2) is 0 Å². The SMILES string of the molecule is CC(=O)NCCc1c(C(c2ccc(C)cc2)c2c(O)c3ccccc3n(C)c2=O)[nH]c2ccccc12. The van der Waals surface area contributed by atoms with Gasteiger partial charge in [-0.15, -0.1) is 0 Å². The molecule has 0 spiro atoms. The highest BCUT2D eigenvalue weighted by atomic mass is 16.3. The number of nitrogens with zero attached hydrogens (tertiary/aromatic N) is 1. The number of hydrogen-bond acceptors (Lipinski definition) is 3. The van der Waals surface area contributed by atoms with Crippen LogP contribution in [0.3, 0.4) is 0 Å². The first-order chi connectivity index (χ1) is 17.4. The van der Waals surface area contributed by atoms with Gasteiger partial charge in [-0.3, -0.25) is 9.59 Å². The molecular formula is C30H29N3O3. The summed E-state index contributed by atoms with van der Waals surface area (Å²) in [5.41, 5.74) is 5.56. The van der Waals surface area contributed by atoms with Crippen molar-refractivity contribution in [2.75, 3.05) is 6.54 Å². The van der Waals surface area contributed by atoms with Gasteiger partial charge in [0.25, 0.3) is 5.56 Å². The molecular weight excluding hydrogens is 450 g/mol. The number of carbonyl (C=O) groups excluding carboxylic acids is 1. The average molecular weight is 480 g/mol. The van der Waals surface area contributed by atoms with Gasteiger partial charge in [-0.2, -0.15) is 0 Å². The van der Waals surface area contributed by atoms with Crippen molar-refractivity contribution in [1.82, 2.24) is 14.9 Å². The van der Waals surface area contributed by atoms with E-state index in [0.717, 1.165) is 33.3 Å². The maximum Gasteiger partial charge on any atom is 0.258 e. The lowest BCUT2D eigenvalue weighted by atomic mass is 9.85. The minimum absolute atomic E-state index is 0.00857. The van der Waals surface area contributed by atoms with E-state index in [1.807, 2.05) is 79.7 Å². The Balaban J connectivity index is 1.82. The van der Waals surface area contributed by atoms with Gasteiger partial charge < -0.3 is 20.0 Å². The van der Waals surface area contributed by atoms with Crippen molar-refractivity contribution in [3.63, 3.8) is 0 Å². The van der Waals surface area contributed by atoms with Crippen LogP contribution in [-0.4, -0.2) is 27.1 Å². The van der Waals surface area contributed by atoms with E-state index in [1.165, 1.54) is 6.92 Å². The fourth-order valence-corrected chi connectivity index (χ4v) is 5.10. The Kier molecular flexibility index (Phi) is 6.10. The van der Waals surface area contributed by atoms with Crippen LogP contribution in [0.4, 0.5) is 0 Å². The van der Waals surface area contributed by atoms with Crippen molar-refractivity contribution in [3.8, 4) is 5.75 Å². The third-order valence-corrected chi connectivity index (χ3v) is 6.89. The Bertz CT molecular complexity index is 1640. The van der Waals surface area contributed by atoms with E-state index in [-0.39, 0.29) is 17.2 Å². The van der Waals surface area contributed by atoms with Crippen LogP contribution in [-0.2, 0) is 18.3 Å². The number of hydrogen-bond donors (Lipinski definition) is 3. The zero-order valence-corrected chi connectivity index (χ0v) is 20.6. The van der Waals surface area contributed by atoms with E-state index < -0.39 is 5.92 Å². The first-order valence-corrected chi connectivity index (χ1v) is 12.1. The molecule has 1 amide bonds. The zero-order chi connectivity index (χ0) is 25.4. The van der Waals surface area contributed by atoms with Crippen molar-refractivity contribution in [3.05, 3.63) is 111 Å². The summed E-state index contributed by atoms with van der Waals surface area (Å²) in [5.74, 6) is -0.633. The maximum absolute atomic E-state index is 13.8.